The standard InChI is InChI=1S/C8H9N5O2S2/c9-7-11-12-8(16-3-6(14)15)13(7)2-5-1-10-4-17-5/h1,4H,2-3H2,(H2,9,11)(H,14,15). The van der Waals surface area contributed by atoms with Crippen molar-refractivity contribution in [3.8, 4) is 0 Å². The van der Waals surface area contributed by atoms with Crippen molar-refractivity contribution in [3.63, 3.8) is 0 Å². The van der Waals surface area contributed by atoms with E-state index in [4.69, 9.17) is 10.8 Å². The number of rotatable bonds is 5. The molecular weight excluding hydrogens is 262 g/mol. The number of carbonyl (C=O) groups is 1. The second-order valence-corrected chi connectivity index (χ2v) is 4.99. The number of anilines is 1. The SMILES string of the molecule is Nc1nnc(SCC(=O)O)n1Cc1cncs1. The molecule has 0 fully saturated rings. The Balaban J connectivity index is 2.14. The van der Waals surface area contributed by atoms with E-state index in [1.807, 2.05) is 0 Å². The Hall–Kier alpha value is -1.61. The molecule has 0 aliphatic carbocycles. The molecule has 0 atom stereocenters. The monoisotopic (exact) mass is 271 g/mol. The summed E-state index contributed by atoms with van der Waals surface area (Å²) >= 11 is 2.59. The Kier molecular flexibility index (Phi) is 3.59. The molecule has 9 heteroatoms. The lowest BCUT2D eigenvalue weighted by atomic mass is 10.5. The van der Waals surface area contributed by atoms with E-state index in [1.165, 1.54) is 11.3 Å². The number of nitrogens with two attached hydrogens (primary N) is 1. The predicted molar refractivity (Wildman–Crippen MR) is 64.0 cm³/mol. The van der Waals surface area contributed by atoms with Gasteiger partial charge in [0.05, 0.1) is 17.8 Å². The third kappa shape index (κ3) is 2.94. The lowest BCUT2D eigenvalue weighted by Gasteiger charge is -2.04. The van der Waals surface area contributed by atoms with Crippen LogP contribution >= 0.6 is 23.1 Å². The molecule has 2 aromatic heterocycles. The van der Waals surface area contributed by atoms with E-state index in [0.717, 1.165) is 16.6 Å². The molecule has 90 valence electrons. The van der Waals surface area contributed by atoms with Gasteiger partial charge in [0.1, 0.15) is 0 Å². The summed E-state index contributed by atoms with van der Waals surface area (Å²) in [5, 5.41) is 16.7. The third-order valence-corrected chi connectivity index (χ3v) is 3.58. The average molecular weight is 271 g/mol. The zero-order valence-corrected chi connectivity index (χ0v) is 10.2. The Labute approximate surface area is 105 Å². The number of nitrogens with zero attached hydrogens (tertiary/aromatic N) is 4. The maximum atomic E-state index is 10.5. The van der Waals surface area contributed by atoms with Crippen LogP contribution in [0.3, 0.4) is 0 Å². The van der Waals surface area contributed by atoms with Crippen LogP contribution in [0, 0.1) is 0 Å². The maximum absolute atomic E-state index is 10.5. The van der Waals surface area contributed by atoms with Crippen LogP contribution in [0.15, 0.2) is 16.9 Å². The van der Waals surface area contributed by atoms with Gasteiger partial charge in [-0.15, -0.1) is 21.5 Å². The van der Waals surface area contributed by atoms with E-state index in [2.05, 4.69) is 15.2 Å². The molecule has 0 saturated heterocycles. The van der Waals surface area contributed by atoms with Gasteiger partial charge in [-0.3, -0.25) is 14.3 Å². The molecule has 0 aliphatic rings. The highest BCUT2D eigenvalue weighted by Gasteiger charge is 2.12. The van der Waals surface area contributed by atoms with E-state index >= 15 is 0 Å². The van der Waals surface area contributed by atoms with E-state index in [9.17, 15) is 4.79 Å². The van der Waals surface area contributed by atoms with Crippen molar-refractivity contribution < 1.29 is 9.90 Å². The van der Waals surface area contributed by atoms with Crippen molar-refractivity contribution in [2.24, 2.45) is 0 Å². The van der Waals surface area contributed by atoms with Gasteiger partial charge in [-0.25, -0.2) is 0 Å². The van der Waals surface area contributed by atoms with Gasteiger partial charge in [0.15, 0.2) is 5.16 Å². The number of carboxylic acid groups (broad SMARTS) is 1. The normalized spacial score (nSPS) is 10.6. The minimum Gasteiger partial charge on any atom is -0.481 e. The van der Waals surface area contributed by atoms with Gasteiger partial charge in [-0.2, -0.15) is 0 Å². The lowest BCUT2D eigenvalue weighted by molar-refractivity contribution is -0.133. The summed E-state index contributed by atoms with van der Waals surface area (Å²) < 4.78 is 1.67. The van der Waals surface area contributed by atoms with Crippen LogP contribution in [0.1, 0.15) is 4.88 Å². The van der Waals surface area contributed by atoms with Gasteiger partial charge in [0, 0.05) is 11.1 Å². The van der Waals surface area contributed by atoms with E-state index < -0.39 is 5.97 Å². The summed E-state index contributed by atoms with van der Waals surface area (Å²) in [5.41, 5.74) is 7.40. The van der Waals surface area contributed by atoms with Crippen molar-refractivity contribution >= 4 is 35.0 Å². The number of hydrogen-bond donors (Lipinski definition) is 2. The van der Waals surface area contributed by atoms with Crippen LogP contribution in [0.5, 0.6) is 0 Å². The van der Waals surface area contributed by atoms with Gasteiger partial charge >= 0.3 is 5.97 Å². The van der Waals surface area contributed by atoms with E-state index in [1.54, 1.807) is 16.3 Å². The summed E-state index contributed by atoms with van der Waals surface area (Å²) in [4.78, 5) is 15.5. The van der Waals surface area contributed by atoms with Gasteiger partial charge < -0.3 is 10.8 Å². The third-order valence-electron chi connectivity index (χ3n) is 1.87. The molecule has 7 nitrogen and oxygen atoms in total. The first-order valence-corrected chi connectivity index (χ1v) is 6.44. The Morgan fingerprint density at radius 2 is 2.41 bits per heavy atom. The minimum atomic E-state index is -0.902. The molecule has 2 aromatic rings. The molecule has 0 aromatic carbocycles. The number of aliphatic carboxylic acids is 1. The van der Waals surface area contributed by atoms with Crippen LogP contribution in [0.2, 0.25) is 0 Å². The zero-order valence-electron chi connectivity index (χ0n) is 8.61. The van der Waals surface area contributed by atoms with Crippen molar-refractivity contribution in [2.75, 3.05) is 11.5 Å². The number of thioether (sulfide) groups is 1. The lowest BCUT2D eigenvalue weighted by Crippen LogP contribution is -2.06. The quantitative estimate of drug-likeness (QED) is 0.764. The number of thiazole rings is 1. The fourth-order valence-corrected chi connectivity index (χ4v) is 2.41. The molecule has 0 unspecified atom stereocenters. The summed E-state index contributed by atoms with van der Waals surface area (Å²) in [5.74, 6) is -0.701. The first-order chi connectivity index (χ1) is 8.16. The first-order valence-electron chi connectivity index (χ1n) is 4.57. The number of carboxylic acids is 1. The molecule has 0 aliphatic heterocycles. The molecule has 0 saturated carbocycles. The molecule has 2 heterocycles. The molecule has 17 heavy (non-hydrogen) atoms. The van der Waals surface area contributed by atoms with Crippen LogP contribution in [0.4, 0.5) is 5.95 Å². The van der Waals surface area contributed by atoms with Crippen LogP contribution in [-0.2, 0) is 11.3 Å². The highest BCUT2D eigenvalue weighted by molar-refractivity contribution is 7.99. The Bertz CT molecular complexity index is 510. The van der Waals surface area contributed by atoms with Crippen molar-refractivity contribution in [1.29, 1.82) is 0 Å². The molecule has 0 radical (unpaired) electrons. The topological polar surface area (TPSA) is 107 Å². The largest absolute Gasteiger partial charge is 0.481 e. The molecule has 3 N–H and O–H groups in total. The van der Waals surface area contributed by atoms with Gasteiger partial charge in [0.2, 0.25) is 5.95 Å². The van der Waals surface area contributed by atoms with E-state index in [-0.39, 0.29) is 11.7 Å². The highest BCUT2D eigenvalue weighted by Crippen LogP contribution is 2.20. The summed E-state index contributed by atoms with van der Waals surface area (Å²) in [6.07, 6.45) is 1.73. The molecular formula is C8H9N5O2S2. The molecule has 0 spiro atoms. The van der Waals surface area contributed by atoms with Crippen molar-refractivity contribution in [2.45, 2.75) is 11.7 Å². The van der Waals surface area contributed by atoms with Crippen LogP contribution < -0.4 is 5.73 Å². The van der Waals surface area contributed by atoms with Gasteiger partial charge in [-0.1, -0.05) is 11.8 Å². The zero-order chi connectivity index (χ0) is 12.3. The van der Waals surface area contributed by atoms with Crippen LogP contribution in [-0.4, -0.2) is 36.6 Å². The van der Waals surface area contributed by atoms with Gasteiger partial charge in [0.25, 0.3) is 0 Å². The molecule has 0 bridgehead atoms. The fourth-order valence-electron chi connectivity index (χ4n) is 1.16. The minimum absolute atomic E-state index is 0.0686. The fraction of sp³-hybridized carbons (Fsp3) is 0.250. The Morgan fingerprint density at radius 3 is 3.06 bits per heavy atom. The number of aromatic nitrogens is 4. The maximum Gasteiger partial charge on any atom is 0.313 e. The second-order valence-electron chi connectivity index (χ2n) is 3.08. The number of nitrogen functional groups attached to an aromatic ring is 1. The highest BCUT2D eigenvalue weighted by atomic mass is 32.2. The van der Waals surface area contributed by atoms with E-state index in [0.29, 0.717) is 11.7 Å². The summed E-state index contributed by atoms with van der Waals surface area (Å²) in [7, 11) is 0. The Morgan fingerprint density at radius 1 is 1.59 bits per heavy atom. The summed E-state index contributed by atoms with van der Waals surface area (Å²) in [6.45, 7) is 0.505. The molecule has 2 rings (SSSR count). The van der Waals surface area contributed by atoms with Crippen molar-refractivity contribution in [1.82, 2.24) is 19.7 Å². The predicted octanol–water partition coefficient (Wildman–Crippen LogP) is 0.542. The smallest absolute Gasteiger partial charge is 0.313 e. The number of hydrogen-bond acceptors (Lipinski definition) is 7. The molecule has 0 amide bonds. The average Bonchev–Trinajstić information content (AvgIpc) is 2.89. The second kappa shape index (κ2) is 5.15. The van der Waals surface area contributed by atoms with Crippen LogP contribution in [0.25, 0.3) is 0 Å². The van der Waals surface area contributed by atoms with Gasteiger partial charge in [-0.05, 0) is 0 Å². The summed E-state index contributed by atoms with van der Waals surface area (Å²) in [6, 6.07) is 0. The van der Waals surface area contributed by atoms with Crippen molar-refractivity contribution in [3.05, 3.63) is 16.6 Å². The first kappa shape index (κ1) is 11.9.